The van der Waals surface area contributed by atoms with Gasteiger partial charge in [0.2, 0.25) is 0 Å². The van der Waals surface area contributed by atoms with E-state index >= 15 is 0 Å². The summed E-state index contributed by atoms with van der Waals surface area (Å²) in [4.78, 5) is 2.45. The van der Waals surface area contributed by atoms with Gasteiger partial charge < -0.3 is 4.74 Å². The van der Waals surface area contributed by atoms with Crippen LogP contribution in [0.15, 0.2) is 42.5 Å². The van der Waals surface area contributed by atoms with E-state index in [4.69, 9.17) is 4.74 Å². The molecule has 0 spiro atoms. The van der Waals surface area contributed by atoms with Crippen LogP contribution in [0.2, 0.25) is 0 Å². The van der Waals surface area contributed by atoms with Gasteiger partial charge in [-0.3, -0.25) is 4.90 Å². The summed E-state index contributed by atoms with van der Waals surface area (Å²) >= 11 is 0. The van der Waals surface area contributed by atoms with Crippen LogP contribution in [0.3, 0.4) is 0 Å². The molecule has 132 valence electrons. The van der Waals surface area contributed by atoms with E-state index in [2.05, 4.69) is 67.3 Å². The molecule has 1 atom stereocenters. The molecule has 1 aliphatic rings. The number of fused-ring (bicyclic) bond motifs is 1. The molecular formula is C22H28N2O. The fraction of sp³-hybridized carbons (Fsp3) is 0.500. The highest BCUT2D eigenvalue weighted by atomic mass is 16.5. The quantitative estimate of drug-likeness (QED) is 0.786. The minimum atomic E-state index is -0.437. The highest BCUT2D eigenvalue weighted by molar-refractivity contribution is 5.87. The minimum absolute atomic E-state index is 0.271. The number of hydrogen-bond acceptors (Lipinski definition) is 3. The summed E-state index contributed by atoms with van der Waals surface area (Å²) in [5, 5.41) is 12.6. The van der Waals surface area contributed by atoms with E-state index in [-0.39, 0.29) is 5.92 Å². The number of ether oxygens (including phenoxy) is 1. The summed E-state index contributed by atoms with van der Waals surface area (Å²) in [5.74, 6) is 0.271. The SMILES string of the molecule is CC(C)C(C#N)(CCCN1CCOCC1)c1cccc2ccccc12. The van der Waals surface area contributed by atoms with Crippen LogP contribution in [-0.4, -0.2) is 37.7 Å². The largest absolute Gasteiger partial charge is 0.379 e. The molecule has 0 saturated carbocycles. The lowest BCUT2D eigenvalue weighted by Gasteiger charge is -2.34. The molecule has 3 heteroatoms. The Bertz CT molecular complexity index is 738. The first-order chi connectivity index (χ1) is 12.2. The zero-order chi connectivity index (χ0) is 17.7. The van der Waals surface area contributed by atoms with Gasteiger partial charge in [-0.05, 0) is 41.6 Å². The Labute approximate surface area is 151 Å². The first kappa shape index (κ1) is 17.9. The molecule has 1 saturated heterocycles. The second-order valence-electron chi connectivity index (χ2n) is 7.32. The fourth-order valence-corrected chi connectivity index (χ4v) is 4.00. The van der Waals surface area contributed by atoms with Crippen LogP contribution in [0.5, 0.6) is 0 Å². The summed E-state index contributed by atoms with van der Waals surface area (Å²) in [5.41, 5.74) is 0.748. The molecule has 0 bridgehead atoms. The Hall–Kier alpha value is -1.89. The third-order valence-corrected chi connectivity index (χ3v) is 5.60. The van der Waals surface area contributed by atoms with Gasteiger partial charge in [-0.25, -0.2) is 0 Å². The highest BCUT2D eigenvalue weighted by Gasteiger charge is 2.36. The van der Waals surface area contributed by atoms with Crippen molar-refractivity contribution in [2.24, 2.45) is 5.92 Å². The maximum atomic E-state index is 10.2. The van der Waals surface area contributed by atoms with Crippen molar-refractivity contribution in [1.82, 2.24) is 4.90 Å². The zero-order valence-electron chi connectivity index (χ0n) is 15.4. The van der Waals surface area contributed by atoms with E-state index in [1.807, 2.05) is 0 Å². The van der Waals surface area contributed by atoms with Gasteiger partial charge in [-0.1, -0.05) is 56.3 Å². The molecule has 0 aromatic heterocycles. The van der Waals surface area contributed by atoms with Gasteiger partial charge in [-0.2, -0.15) is 5.26 Å². The van der Waals surface area contributed by atoms with Crippen LogP contribution < -0.4 is 0 Å². The predicted molar refractivity (Wildman–Crippen MR) is 103 cm³/mol. The second-order valence-corrected chi connectivity index (χ2v) is 7.32. The lowest BCUT2D eigenvalue weighted by atomic mass is 9.68. The van der Waals surface area contributed by atoms with Crippen molar-refractivity contribution in [3.05, 3.63) is 48.0 Å². The number of nitrogens with zero attached hydrogens (tertiary/aromatic N) is 2. The van der Waals surface area contributed by atoms with Gasteiger partial charge in [0.05, 0.1) is 24.7 Å². The van der Waals surface area contributed by atoms with Crippen molar-refractivity contribution >= 4 is 10.8 Å². The third kappa shape index (κ3) is 3.71. The van der Waals surface area contributed by atoms with Gasteiger partial charge in [-0.15, -0.1) is 0 Å². The monoisotopic (exact) mass is 336 g/mol. The van der Waals surface area contributed by atoms with E-state index in [1.54, 1.807) is 0 Å². The minimum Gasteiger partial charge on any atom is -0.379 e. The summed E-state index contributed by atoms with van der Waals surface area (Å²) < 4.78 is 5.43. The number of hydrogen-bond donors (Lipinski definition) is 0. The third-order valence-electron chi connectivity index (χ3n) is 5.60. The molecule has 3 nitrogen and oxygen atoms in total. The Balaban J connectivity index is 1.86. The van der Waals surface area contributed by atoms with Gasteiger partial charge in [0.1, 0.15) is 0 Å². The van der Waals surface area contributed by atoms with E-state index in [9.17, 15) is 5.26 Å². The average Bonchev–Trinajstić information content (AvgIpc) is 2.66. The van der Waals surface area contributed by atoms with Crippen LogP contribution in [0.4, 0.5) is 0 Å². The second kappa shape index (κ2) is 7.99. The number of benzene rings is 2. The smallest absolute Gasteiger partial charge is 0.0851 e. The standard InChI is InChI=1S/C22H28N2O/c1-18(2)22(17-23,11-6-12-24-13-15-25-16-14-24)21-10-5-8-19-7-3-4-9-20(19)21/h3-5,7-10,18H,6,11-16H2,1-2H3. The van der Waals surface area contributed by atoms with Crippen LogP contribution >= 0.6 is 0 Å². The van der Waals surface area contributed by atoms with Crippen LogP contribution in [0.1, 0.15) is 32.3 Å². The maximum absolute atomic E-state index is 10.2. The highest BCUT2D eigenvalue weighted by Crippen LogP contribution is 2.40. The van der Waals surface area contributed by atoms with Crippen LogP contribution in [0.25, 0.3) is 10.8 Å². The molecule has 1 unspecified atom stereocenters. The van der Waals surface area contributed by atoms with Crippen LogP contribution in [0, 0.1) is 17.2 Å². The van der Waals surface area contributed by atoms with Crippen molar-refractivity contribution in [1.29, 1.82) is 5.26 Å². The molecule has 1 heterocycles. The molecule has 1 aliphatic heterocycles. The summed E-state index contributed by atoms with van der Waals surface area (Å²) in [6.07, 6.45) is 1.93. The summed E-state index contributed by atoms with van der Waals surface area (Å²) in [7, 11) is 0. The van der Waals surface area contributed by atoms with Crippen molar-refractivity contribution < 1.29 is 4.74 Å². The maximum Gasteiger partial charge on any atom is 0.0851 e. The number of morpholine rings is 1. The molecule has 0 amide bonds. The molecule has 2 aromatic carbocycles. The molecule has 0 radical (unpaired) electrons. The number of nitriles is 1. The Morgan fingerprint density at radius 3 is 2.56 bits per heavy atom. The van der Waals surface area contributed by atoms with E-state index < -0.39 is 5.41 Å². The van der Waals surface area contributed by atoms with E-state index in [0.717, 1.165) is 45.7 Å². The molecule has 25 heavy (non-hydrogen) atoms. The van der Waals surface area contributed by atoms with E-state index in [0.29, 0.717) is 0 Å². The lowest BCUT2D eigenvalue weighted by molar-refractivity contribution is 0.0364. The Morgan fingerprint density at radius 1 is 1.12 bits per heavy atom. The van der Waals surface area contributed by atoms with Crippen molar-refractivity contribution in [3.8, 4) is 6.07 Å². The molecule has 1 fully saturated rings. The van der Waals surface area contributed by atoms with Crippen molar-refractivity contribution in [2.45, 2.75) is 32.1 Å². The normalized spacial score (nSPS) is 18.2. The molecule has 2 aromatic rings. The van der Waals surface area contributed by atoms with Gasteiger partial charge in [0, 0.05) is 13.1 Å². The van der Waals surface area contributed by atoms with Gasteiger partial charge in [0.15, 0.2) is 0 Å². The van der Waals surface area contributed by atoms with E-state index in [1.165, 1.54) is 16.3 Å². The van der Waals surface area contributed by atoms with Gasteiger partial charge in [0.25, 0.3) is 0 Å². The van der Waals surface area contributed by atoms with Crippen LogP contribution in [-0.2, 0) is 10.2 Å². The lowest BCUT2D eigenvalue weighted by Crippen LogP contribution is -2.38. The first-order valence-corrected chi connectivity index (χ1v) is 9.37. The summed E-state index contributed by atoms with van der Waals surface area (Å²) in [6.45, 7) is 9.09. The first-order valence-electron chi connectivity index (χ1n) is 9.37. The Kier molecular flexibility index (Phi) is 5.73. The Morgan fingerprint density at radius 2 is 1.84 bits per heavy atom. The topological polar surface area (TPSA) is 36.3 Å². The molecule has 3 rings (SSSR count). The predicted octanol–water partition coefficient (Wildman–Crippen LogP) is 4.37. The van der Waals surface area contributed by atoms with Crippen molar-refractivity contribution in [3.63, 3.8) is 0 Å². The van der Waals surface area contributed by atoms with Crippen molar-refractivity contribution in [2.75, 3.05) is 32.8 Å². The zero-order valence-corrected chi connectivity index (χ0v) is 15.4. The molecule has 0 aliphatic carbocycles. The van der Waals surface area contributed by atoms with Gasteiger partial charge >= 0.3 is 0 Å². The molecular weight excluding hydrogens is 308 g/mol. The fourth-order valence-electron chi connectivity index (χ4n) is 4.00. The summed E-state index contributed by atoms with van der Waals surface area (Å²) in [6, 6.07) is 17.5. The average molecular weight is 336 g/mol. The number of rotatable bonds is 6. The molecule has 0 N–H and O–H groups in total.